The highest BCUT2D eigenvalue weighted by atomic mass is 32.2. The van der Waals surface area contributed by atoms with E-state index in [0.29, 0.717) is 50.7 Å². The van der Waals surface area contributed by atoms with Crippen LogP contribution in [0.1, 0.15) is 69.4 Å². The summed E-state index contributed by atoms with van der Waals surface area (Å²) in [5.41, 5.74) is -6.07. The van der Waals surface area contributed by atoms with Gasteiger partial charge < -0.3 is 19.3 Å². The topological polar surface area (TPSA) is 93.2 Å². The van der Waals surface area contributed by atoms with Gasteiger partial charge in [-0.25, -0.2) is 17.6 Å². The molecular formula is C35H41F7N2O6S. The number of hydrogen-bond donors (Lipinski definition) is 0. The number of esters is 1. The fourth-order valence-electron chi connectivity index (χ4n) is 7.50. The molecule has 8 nitrogen and oxygen atoms in total. The van der Waals surface area contributed by atoms with Crippen LogP contribution in [0.5, 0.6) is 0 Å². The fraction of sp³-hybridized carbons (Fsp3) is 0.600. The molecule has 16 heteroatoms. The summed E-state index contributed by atoms with van der Waals surface area (Å²) in [6.07, 6.45) is -8.40. The van der Waals surface area contributed by atoms with Crippen LogP contribution in [0.15, 0.2) is 53.4 Å². The van der Waals surface area contributed by atoms with Crippen molar-refractivity contribution in [1.82, 2.24) is 9.80 Å². The number of likely N-dealkylation sites (tertiary alicyclic amines) is 2. The number of sulfone groups is 1. The quantitative estimate of drug-likeness (QED) is 0.150. The van der Waals surface area contributed by atoms with E-state index in [9.17, 15) is 48.7 Å². The van der Waals surface area contributed by atoms with Gasteiger partial charge in [0.2, 0.25) is 0 Å². The van der Waals surface area contributed by atoms with Crippen molar-refractivity contribution < 1.29 is 58.2 Å². The van der Waals surface area contributed by atoms with Crippen LogP contribution in [-0.2, 0) is 34.5 Å². The molecule has 3 aliphatic rings. The van der Waals surface area contributed by atoms with Crippen LogP contribution in [0.2, 0.25) is 0 Å². The number of rotatable bonds is 9. The molecule has 2 heterocycles. The Morgan fingerprint density at radius 2 is 1.41 bits per heavy atom. The standard InChI is InChI=1S/C35H41F7N2O6S/c1-2-49-30(45)25-16-19-43(20-17-25)31(46)44-21-18-32(23-44,51(47,48)29-14-12-28(36)13-15-29)26-8-10-27(11-9-26)33(34(37,38)39,35(40,41)42)50-22-24-6-4-3-5-7-24/h8-15,24-25H,2-7,16-23H2,1H3/t32-/m0/s1. The summed E-state index contributed by atoms with van der Waals surface area (Å²) < 4.78 is 138. The van der Waals surface area contributed by atoms with Crippen molar-refractivity contribution in [3.05, 3.63) is 65.5 Å². The van der Waals surface area contributed by atoms with Crippen molar-refractivity contribution in [1.29, 1.82) is 0 Å². The van der Waals surface area contributed by atoms with Gasteiger partial charge in [0.15, 0.2) is 9.84 Å². The summed E-state index contributed by atoms with van der Waals surface area (Å²) in [7, 11) is -4.54. The Morgan fingerprint density at radius 1 is 0.824 bits per heavy atom. The molecule has 2 aliphatic heterocycles. The van der Waals surface area contributed by atoms with E-state index in [1.165, 1.54) is 9.80 Å². The van der Waals surface area contributed by atoms with Gasteiger partial charge in [-0.2, -0.15) is 26.3 Å². The lowest BCUT2D eigenvalue weighted by molar-refractivity contribution is -0.391. The van der Waals surface area contributed by atoms with Gasteiger partial charge in [-0.15, -0.1) is 0 Å². The van der Waals surface area contributed by atoms with Crippen molar-refractivity contribution in [2.24, 2.45) is 11.8 Å². The highest BCUT2D eigenvalue weighted by molar-refractivity contribution is 7.92. The summed E-state index contributed by atoms with van der Waals surface area (Å²) in [6, 6.07) is 6.32. The number of urea groups is 1. The minimum Gasteiger partial charge on any atom is -0.466 e. The van der Waals surface area contributed by atoms with E-state index in [1.807, 2.05) is 0 Å². The van der Waals surface area contributed by atoms with Crippen molar-refractivity contribution in [3.8, 4) is 0 Å². The highest BCUT2D eigenvalue weighted by Crippen LogP contribution is 2.54. The molecule has 5 rings (SSSR count). The van der Waals surface area contributed by atoms with Crippen LogP contribution < -0.4 is 0 Å². The number of piperidine rings is 1. The van der Waals surface area contributed by atoms with Crippen molar-refractivity contribution in [2.45, 2.75) is 85.9 Å². The van der Waals surface area contributed by atoms with E-state index in [4.69, 9.17) is 9.47 Å². The molecule has 51 heavy (non-hydrogen) atoms. The number of amides is 2. The van der Waals surface area contributed by atoms with Crippen LogP contribution >= 0.6 is 0 Å². The molecule has 2 amide bonds. The molecule has 1 saturated carbocycles. The van der Waals surface area contributed by atoms with Gasteiger partial charge >= 0.3 is 24.4 Å². The predicted molar refractivity (Wildman–Crippen MR) is 171 cm³/mol. The first-order valence-corrected chi connectivity index (χ1v) is 18.5. The molecule has 0 unspecified atom stereocenters. The van der Waals surface area contributed by atoms with Crippen LogP contribution in [0.4, 0.5) is 35.5 Å². The number of ether oxygens (including phenoxy) is 2. The van der Waals surface area contributed by atoms with Gasteiger partial charge in [0.1, 0.15) is 10.6 Å². The lowest BCUT2D eigenvalue weighted by atomic mass is 9.87. The van der Waals surface area contributed by atoms with Crippen molar-refractivity contribution in [2.75, 3.05) is 39.4 Å². The zero-order valence-electron chi connectivity index (χ0n) is 28.1. The van der Waals surface area contributed by atoms with E-state index in [-0.39, 0.29) is 49.1 Å². The zero-order chi connectivity index (χ0) is 37.2. The first kappa shape index (κ1) is 38.8. The van der Waals surface area contributed by atoms with Gasteiger partial charge in [0, 0.05) is 31.7 Å². The molecule has 1 atom stereocenters. The Kier molecular flexibility index (Phi) is 11.4. The molecule has 2 aromatic rings. The number of halogens is 7. The number of hydrogen-bond acceptors (Lipinski definition) is 6. The number of benzene rings is 2. The molecule has 0 bridgehead atoms. The molecule has 0 N–H and O–H groups in total. The van der Waals surface area contributed by atoms with Gasteiger partial charge in [-0.3, -0.25) is 4.79 Å². The molecule has 0 spiro atoms. The summed E-state index contributed by atoms with van der Waals surface area (Å²) in [5.74, 6) is -2.00. The lowest BCUT2D eigenvalue weighted by Gasteiger charge is -2.39. The summed E-state index contributed by atoms with van der Waals surface area (Å²) in [5, 5.41) is 0. The molecular weight excluding hydrogens is 709 g/mol. The van der Waals surface area contributed by atoms with Crippen LogP contribution in [0.25, 0.3) is 0 Å². The molecule has 3 fully saturated rings. The van der Waals surface area contributed by atoms with E-state index >= 15 is 0 Å². The van der Waals surface area contributed by atoms with Crippen LogP contribution in [-0.4, -0.2) is 82.0 Å². The summed E-state index contributed by atoms with van der Waals surface area (Å²) in [6.45, 7) is 0.893. The van der Waals surface area contributed by atoms with Crippen LogP contribution in [0, 0.1) is 17.7 Å². The number of carbonyl (C=O) groups excluding carboxylic acids is 2. The van der Waals surface area contributed by atoms with Crippen molar-refractivity contribution in [3.63, 3.8) is 0 Å². The highest BCUT2D eigenvalue weighted by Gasteiger charge is 2.73. The molecule has 0 aromatic heterocycles. The Hall–Kier alpha value is -3.40. The third kappa shape index (κ3) is 7.44. The third-order valence-electron chi connectivity index (χ3n) is 10.4. The van der Waals surface area contributed by atoms with Crippen LogP contribution in [0.3, 0.4) is 0 Å². The van der Waals surface area contributed by atoms with Gasteiger partial charge in [0.05, 0.1) is 24.0 Å². The SMILES string of the molecule is CCOC(=O)C1CCN(C(=O)N2CC[C@](c3ccc(C(OCC4CCCCC4)(C(F)(F)F)C(F)(F)F)cc3)(S(=O)(=O)c3ccc(F)cc3)C2)CC1. The average Bonchev–Trinajstić information content (AvgIpc) is 3.56. The first-order chi connectivity index (χ1) is 24.0. The first-order valence-electron chi connectivity index (χ1n) is 17.1. The van der Waals surface area contributed by atoms with E-state index in [0.717, 1.165) is 42.8 Å². The predicted octanol–water partition coefficient (Wildman–Crippen LogP) is 7.51. The minimum atomic E-state index is -5.92. The Balaban J connectivity index is 1.49. The second-order valence-corrected chi connectivity index (χ2v) is 15.7. The molecule has 282 valence electrons. The monoisotopic (exact) mass is 750 g/mol. The Labute approximate surface area is 292 Å². The minimum absolute atomic E-state index is 0.113. The molecule has 0 radical (unpaired) electrons. The lowest BCUT2D eigenvalue weighted by Crippen LogP contribution is -2.56. The largest absolute Gasteiger partial charge is 0.466 e. The van der Waals surface area contributed by atoms with E-state index in [2.05, 4.69) is 0 Å². The smallest absolute Gasteiger partial charge is 0.430 e. The molecule has 2 aromatic carbocycles. The maximum absolute atomic E-state index is 14.6. The summed E-state index contributed by atoms with van der Waals surface area (Å²) >= 11 is 0. The number of nitrogens with zero attached hydrogens (tertiary/aromatic N) is 2. The number of carbonyl (C=O) groups is 2. The maximum atomic E-state index is 14.6. The average molecular weight is 751 g/mol. The van der Waals surface area contributed by atoms with E-state index in [1.54, 1.807) is 6.92 Å². The Morgan fingerprint density at radius 3 is 1.96 bits per heavy atom. The molecule has 1 aliphatic carbocycles. The second kappa shape index (κ2) is 14.9. The van der Waals surface area contributed by atoms with Gasteiger partial charge in [-0.05, 0) is 74.8 Å². The van der Waals surface area contributed by atoms with Gasteiger partial charge in [0.25, 0.3) is 5.60 Å². The number of alkyl halides is 6. The fourth-order valence-corrected chi connectivity index (χ4v) is 9.58. The maximum Gasteiger partial charge on any atom is 0.430 e. The third-order valence-corrected chi connectivity index (χ3v) is 12.9. The summed E-state index contributed by atoms with van der Waals surface area (Å²) in [4.78, 5) is 28.2. The second-order valence-electron chi connectivity index (χ2n) is 13.5. The zero-order valence-corrected chi connectivity index (χ0v) is 28.9. The van der Waals surface area contributed by atoms with E-state index < -0.39 is 74.9 Å². The van der Waals surface area contributed by atoms with Crippen molar-refractivity contribution >= 4 is 21.8 Å². The van der Waals surface area contributed by atoms with Gasteiger partial charge in [-0.1, -0.05) is 43.5 Å². The molecule has 2 saturated heterocycles. The Bertz CT molecular complexity index is 1620. The normalized spacial score (nSPS) is 21.6.